The molecule has 1 aromatic rings. The second-order valence-electron chi connectivity index (χ2n) is 5.12. The van der Waals surface area contributed by atoms with Gasteiger partial charge in [0.2, 0.25) is 0 Å². The van der Waals surface area contributed by atoms with Crippen LogP contribution in [0.25, 0.3) is 0 Å². The first-order chi connectivity index (χ1) is 9.36. The zero-order valence-electron chi connectivity index (χ0n) is 11.0. The second-order valence-corrected chi connectivity index (χ2v) is 5.53. The van der Waals surface area contributed by atoms with Gasteiger partial charge in [-0.3, -0.25) is 4.79 Å². The molecule has 1 saturated heterocycles. The van der Waals surface area contributed by atoms with E-state index >= 15 is 0 Å². The Morgan fingerprint density at radius 1 is 1.40 bits per heavy atom. The van der Waals surface area contributed by atoms with Crippen LogP contribution in [-0.4, -0.2) is 34.0 Å². The highest BCUT2D eigenvalue weighted by Gasteiger charge is 2.44. The van der Waals surface area contributed by atoms with Gasteiger partial charge in [0, 0.05) is 12.1 Å². The quantitative estimate of drug-likeness (QED) is 0.913. The summed E-state index contributed by atoms with van der Waals surface area (Å²) in [5.41, 5.74) is -1.13. The number of likely N-dealkylation sites (tertiary alicyclic amines) is 1. The van der Waals surface area contributed by atoms with Crippen LogP contribution in [0.1, 0.15) is 36.5 Å². The van der Waals surface area contributed by atoms with Crippen LogP contribution in [-0.2, 0) is 4.79 Å². The molecule has 0 bridgehead atoms. The summed E-state index contributed by atoms with van der Waals surface area (Å²) in [6.07, 6.45) is 1.89. The Balaban J connectivity index is 2.35. The van der Waals surface area contributed by atoms with Crippen molar-refractivity contribution in [2.45, 2.75) is 31.7 Å². The first-order valence-electron chi connectivity index (χ1n) is 6.36. The Bertz CT molecular complexity index is 563. The SMILES string of the molecule is CC1(C(=O)O)CCCCN1C(=O)c1ccc(Cl)c(F)c1. The zero-order chi connectivity index (χ0) is 14.9. The highest BCUT2D eigenvalue weighted by molar-refractivity contribution is 6.30. The maximum absolute atomic E-state index is 13.4. The molecule has 1 atom stereocenters. The maximum Gasteiger partial charge on any atom is 0.329 e. The van der Waals surface area contributed by atoms with Gasteiger partial charge in [-0.05, 0) is 44.4 Å². The van der Waals surface area contributed by atoms with Crippen LogP contribution in [0.4, 0.5) is 4.39 Å². The summed E-state index contributed by atoms with van der Waals surface area (Å²) in [7, 11) is 0. The Labute approximate surface area is 121 Å². The number of piperidine rings is 1. The van der Waals surface area contributed by atoms with Crippen molar-refractivity contribution in [1.82, 2.24) is 4.90 Å². The molecule has 0 spiro atoms. The van der Waals surface area contributed by atoms with Gasteiger partial charge in [0.15, 0.2) is 0 Å². The molecule has 108 valence electrons. The van der Waals surface area contributed by atoms with E-state index in [0.717, 1.165) is 18.9 Å². The molecule has 0 saturated carbocycles. The maximum atomic E-state index is 13.4. The minimum absolute atomic E-state index is 0.0683. The van der Waals surface area contributed by atoms with Crippen LogP contribution in [0.5, 0.6) is 0 Å². The average Bonchev–Trinajstić information content (AvgIpc) is 2.41. The Morgan fingerprint density at radius 2 is 2.10 bits per heavy atom. The fourth-order valence-electron chi connectivity index (χ4n) is 2.45. The number of aliphatic carboxylic acids is 1. The number of nitrogens with zero attached hydrogens (tertiary/aromatic N) is 1. The summed E-state index contributed by atoms with van der Waals surface area (Å²) in [6.45, 7) is 1.88. The lowest BCUT2D eigenvalue weighted by molar-refractivity contribution is -0.150. The number of rotatable bonds is 2. The Hall–Kier alpha value is -1.62. The first-order valence-corrected chi connectivity index (χ1v) is 6.74. The predicted molar refractivity (Wildman–Crippen MR) is 72.3 cm³/mol. The van der Waals surface area contributed by atoms with Crippen molar-refractivity contribution >= 4 is 23.5 Å². The molecular weight excluding hydrogens is 285 g/mol. The highest BCUT2D eigenvalue weighted by atomic mass is 35.5. The third kappa shape index (κ3) is 2.50. The van der Waals surface area contributed by atoms with Gasteiger partial charge < -0.3 is 10.0 Å². The van der Waals surface area contributed by atoms with E-state index in [9.17, 15) is 19.1 Å². The molecule has 0 radical (unpaired) electrons. The van der Waals surface area contributed by atoms with Crippen molar-refractivity contribution in [3.63, 3.8) is 0 Å². The number of amides is 1. The van der Waals surface area contributed by atoms with Crippen molar-refractivity contribution < 1.29 is 19.1 Å². The minimum atomic E-state index is -1.24. The molecule has 1 heterocycles. The first kappa shape index (κ1) is 14.8. The number of carbonyl (C=O) groups excluding carboxylic acids is 1. The molecule has 1 aliphatic heterocycles. The van der Waals surface area contributed by atoms with Gasteiger partial charge in [0.05, 0.1) is 5.02 Å². The standard InChI is InChI=1S/C14H15ClFNO3/c1-14(13(19)20)6-2-3-7-17(14)12(18)9-4-5-10(15)11(16)8-9/h4-5,8H,2-3,6-7H2,1H3,(H,19,20). The highest BCUT2D eigenvalue weighted by Crippen LogP contribution is 2.30. The summed E-state index contributed by atoms with van der Waals surface area (Å²) in [6, 6.07) is 3.75. The van der Waals surface area contributed by atoms with E-state index in [4.69, 9.17) is 11.6 Å². The molecule has 0 aliphatic carbocycles. The van der Waals surface area contributed by atoms with Gasteiger partial charge in [-0.15, -0.1) is 0 Å². The van der Waals surface area contributed by atoms with Crippen LogP contribution in [0.3, 0.4) is 0 Å². The van der Waals surface area contributed by atoms with Gasteiger partial charge in [0.1, 0.15) is 11.4 Å². The van der Waals surface area contributed by atoms with Crippen LogP contribution < -0.4 is 0 Å². The Kier molecular flexibility index (Phi) is 3.99. The van der Waals surface area contributed by atoms with Gasteiger partial charge in [0.25, 0.3) is 5.91 Å². The number of halogens is 2. The van der Waals surface area contributed by atoms with Crippen molar-refractivity contribution in [3.05, 3.63) is 34.6 Å². The lowest BCUT2D eigenvalue weighted by atomic mass is 9.88. The van der Waals surface area contributed by atoms with Crippen molar-refractivity contribution in [1.29, 1.82) is 0 Å². The molecule has 1 amide bonds. The third-order valence-corrected chi connectivity index (χ3v) is 4.07. The van der Waals surface area contributed by atoms with E-state index in [-0.39, 0.29) is 10.6 Å². The van der Waals surface area contributed by atoms with Crippen LogP contribution in [0.15, 0.2) is 18.2 Å². The van der Waals surface area contributed by atoms with E-state index in [1.54, 1.807) is 0 Å². The number of hydrogen-bond acceptors (Lipinski definition) is 2. The van der Waals surface area contributed by atoms with Crippen LogP contribution in [0, 0.1) is 5.82 Å². The molecule has 1 N–H and O–H groups in total. The van der Waals surface area contributed by atoms with Crippen LogP contribution in [0.2, 0.25) is 5.02 Å². The monoisotopic (exact) mass is 299 g/mol. The van der Waals surface area contributed by atoms with Gasteiger partial charge in [-0.1, -0.05) is 11.6 Å². The summed E-state index contributed by atoms with van der Waals surface area (Å²) >= 11 is 5.58. The molecule has 1 fully saturated rings. The molecule has 1 aliphatic rings. The normalized spacial score (nSPS) is 22.6. The molecule has 1 aromatic carbocycles. The summed E-state index contributed by atoms with van der Waals surface area (Å²) in [5, 5.41) is 9.31. The van der Waals surface area contributed by atoms with Crippen molar-refractivity contribution in [2.24, 2.45) is 0 Å². The molecular formula is C14H15ClFNO3. The van der Waals surface area contributed by atoms with E-state index in [2.05, 4.69) is 0 Å². The fraction of sp³-hybridized carbons (Fsp3) is 0.429. The molecule has 4 nitrogen and oxygen atoms in total. The Morgan fingerprint density at radius 3 is 2.70 bits per heavy atom. The van der Waals surface area contributed by atoms with E-state index in [1.165, 1.54) is 24.0 Å². The van der Waals surface area contributed by atoms with Gasteiger partial charge in [-0.2, -0.15) is 0 Å². The summed E-state index contributed by atoms with van der Waals surface area (Å²) in [4.78, 5) is 25.2. The molecule has 6 heteroatoms. The number of carbonyl (C=O) groups is 2. The molecule has 20 heavy (non-hydrogen) atoms. The van der Waals surface area contributed by atoms with E-state index < -0.39 is 23.2 Å². The lowest BCUT2D eigenvalue weighted by Crippen LogP contribution is -2.57. The number of carboxylic acids is 1. The van der Waals surface area contributed by atoms with E-state index in [0.29, 0.717) is 13.0 Å². The summed E-state index contributed by atoms with van der Waals surface area (Å²) in [5.74, 6) is -2.21. The van der Waals surface area contributed by atoms with Gasteiger partial charge in [-0.25, -0.2) is 9.18 Å². The minimum Gasteiger partial charge on any atom is -0.480 e. The number of benzene rings is 1. The van der Waals surface area contributed by atoms with Crippen molar-refractivity contribution in [2.75, 3.05) is 6.54 Å². The lowest BCUT2D eigenvalue weighted by Gasteiger charge is -2.41. The largest absolute Gasteiger partial charge is 0.480 e. The molecule has 1 unspecified atom stereocenters. The van der Waals surface area contributed by atoms with Crippen molar-refractivity contribution in [3.8, 4) is 0 Å². The molecule has 2 rings (SSSR count). The number of carboxylic acid groups (broad SMARTS) is 1. The van der Waals surface area contributed by atoms with Crippen LogP contribution >= 0.6 is 11.6 Å². The fourth-order valence-corrected chi connectivity index (χ4v) is 2.57. The van der Waals surface area contributed by atoms with E-state index in [1.807, 2.05) is 0 Å². The number of hydrogen-bond donors (Lipinski definition) is 1. The topological polar surface area (TPSA) is 57.6 Å². The average molecular weight is 300 g/mol. The van der Waals surface area contributed by atoms with Gasteiger partial charge >= 0.3 is 5.97 Å². The smallest absolute Gasteiger partial charge is 0.329 e. The predicted octanol–water partition coefficient (Wildman–Crippen LogP) is 2.95. The second kappa shape index (κ2) is 5.40. The molecule has 0 aromatic heterocycles. The third-order valence-electron chi connectivity index (χ3n) is 3.76. The zero-order valence-corrected chi connectivity index (χ0v) is 11.8. The summed E-state index contributed by atoms with van der Waals surface area (Å²) < 4.78 is 13.4.